The summed E-state index contributed by atoms with van der Waals surface area (Å²) in [5, 5.41) is 6.39. The molecule has 20 heavy (non-hydrogen) atoms. The number of carbonyl (C=O) groups is 1. The Kier molecular flexibility index (Phi) is 4.81. The number of hydrogen-bond donors (Lipinski definition) is 2. The lowest BCUT2D eigenvalue weighted by Crippen LogP contribution is -2.36. The third-order valence-corrected chi connectivity index (χ3v) is 3.88. The Morgan fingerprint density at radius 2 is 1.95 bits per heavy atom. The molecule has 1 unspecified atom stereocenters. The molecule has 2 rings (SSSR count). The molecule has 0 radical (unpaired) electrons. The third kappa shape index (κ3) is 4.34. The minimum Gasteiger partial charge on any atom is -0.326 e. The first-order valence-corrected chi connectivity index (χ1v) is 7.59. The van der Waals surface area contributed by atoms with E-state index in [0.29, 0.717) is 12.5 Å². The van der Waals surface area contributed by atoms with Crippen molar-refractivity contribution in [2.24, 2.45) is 0 Å². The van der Waals surface area contributed by atoms with Crippen LogP contribution in [0.4, 0.5) is 5.69 Å². The van der Waals surface area contributed by atoms with Crippen LogP contribution in [0.1, 0.15) is 52.0 Å². The van der Waals surface area contributed by atoms with E-state index in [1.165, 1.54) is 18.4 Å². The highest BCUT2D eigenvalue weighted by molar-refractivity contribution is 5.91. The molecule has 2 N–H and O–H groups in total. The summed E-state index contributed by atoms with van der Waals surface area (Å²) in [6.07, 6.45) is 4.13. The van der Waals surface area contributed by atoms with E-state index < -0.39 is 0 Å². The summed E-state index contributed by atoms with van der Waals surface area (Å²) < 4.78 is 0. The second-order valence-electron chi connectivity index (χ2n) is 6.73. The molecule has 110 valence electrons. The minimum absolute atomic E-state index is 0.105. The van der Waals surface area contributed by atoms with Crippen LogP contribution >= 0.6 is 0 Å². The fourth-order valence-corrected chi connectivity index (χ4v) is 2.59. The van der Waals surface area contributed by atoms with Crippen LogP contribution in [0, 0.1) is 0 Å². The van der Waals surface area contributed by atoms with E-state index in [9.17, 15) is 4.79 Å². The van der Waals surface area contributed by atoms with Crippen LogP contribution in [0.25, 0.3) is 0 Å². The largest absolute Gasteiger partial charge is 0.326 e. The lowest BCUT2D eigenvalue weighted by atomic mass is 9.87. The third-order valence-electron chi connectivity index (χ3n) is 3.88. The fourth-order valence-electron chi connectivity index (χ4n) is 2.59. The van der Waals surface area contributed by atoms with Gasteiger partial charge >= 0.3 is 0 Å². The summed E-state index contributed by atoms with van der Waals surface area (Å²) in [5.41, 5.74) is 2.32. The van der Waals surface area contributed by atoms with Crippen LogP contribution in [0.3, 0.4) is 0 Å². The van der Waals surface area contributed by atoms with Gasteiger partial charge in [-0.05, 0) is 42.5 Å². The maximum atomic E-state index is 12.0. The molecule has 1 heterocycles. The van der Waals surface area contributed by atoms with Crippen molar-refractivity contribution < 1.29 is 4.79 Å². The SMILES string of the molecule is CC(C)(C)c1ccc(NC(=O)CC2CCCCN2)cc1. The number of rotatable bonds is 3. The molecular formula is C17H26N2O. The lowest BCUT2D eigenvalue weighted by molar-refractivity contribution is -0.116. The fraction of sp³-hybridized carbons (Fsp3) is 0.588. The van der Waals surface area contributed by atoms with Crippen LogP contribution in [0.2, 0.25) is 0 Å². The first-order chi connectivity index (χ1) is 9.45. The zero-order valence-electron chi connectivity index (χ0n) is 12.8. The molecule has 0 aliphatic carbocycles. The zero-order valence-corrected chi connectivity index (χ0v) is 12.8. The molecule has 1 amide bonds. The maximum Gasteiger partial charge on any atom is 0.225 e. The van der Waals surface area contributed by atoms with Crippen LogP contribution in [-0.2, 0) is 10.2 Å². The van der Waals surface area contributed by atoms with Gasteiger partial charge in [0, 0.05) is 18.2 Å². The van der Waals surface area contributed by atoms with Crippen LogP contribution < -0.4 is 10.6 Å². The maximum absolute atomic E-state index is 12.0. The van der Waals surface area contributed by atoms with E-state index in [0.717, 1.165) is 18.7 Å². The summed E-state index contributed by atoms with van der Waals surface area (Å²) in [5.74, 6) is 0.105. The Hall–Kier alpha value is -1.35. The van der Waals surface area contributed by atoms with Crippen LogP contribution in [-0.4, -0.2) is 18.5 Å². The summed E-state index contributed by atoms with van der Waals surface area (Å²) in [4.78, 5) is 12.0. The van der Waals surface area contributed by atoms with Gasteiger partial charge in [0.1, 0.15) is 0 Å². The first-order valence-electron chi connectivity index (χ1n) is 7.59. The average Bonchev–Trinajstić information content (AvgIpc) is 2.39. The normalized spacial score (nSPS) is 19.6. The number of carbonyl (C=O) groups excluding carboxylic acids is 1. The summed E-state index contributed by atoms with van der Waals surface area (Å²) >= 11 is 0. The Balaban J connectivity index is 1.87. The molecule has 0 spiro atoms. The van der Waals surface area contributed by atoms with Gasteiger partial charge in [-0.1, -0.05) is 39.3 Å². The minimum atomic E-state index is 0.105. The van der Waals surface area contributed by atoms with Gasteiger partial charge in [0.15, 0.2) is 0 Å². The molecule has 1 aliphatic heterocycles. The van der Waals surface area contributed by atoms with Crippen LogP contribution in [0.5, 0.6) is 0 Å². The summed E-state index contributed by atoms with van der Waals surface area (Å²) in [7, 11) is 0. The van der Waals surface area contributed by atoms with Gasteiger partial charge in [0.05, 0.1) is 0 Å². The Morgan fingerprint density at radius 1 is 1.25 bits per heavy atom. The molecule has 1 saturated heterocycles. The van der Waals surface area contributed by atoms with E-state index in [1.807, 2.05) is 12.1 Å². The average molecular weight is 274 g/mol. The Morgan fingerprint density at radius 3 is 2.50 bits per heavy atom. The molecule has 1 atom stereocenters. The van der Waals surface area contributed by atoms with E-state index in [4.69, 9.17) is 0 Å². The number of hydrogen-bond acceptors (Lipinski definition) is 2. The molecule has 1 aromatic rings. The van der Waals surface area contributed by atoms with E-state index in [2.05, 4.69) is 43.5 Å². The number of anilines is 1. The summed E-state index contributed by atoms with van der Waals surface area (Å²) in [6.45, 7) is 7.61. The van der Waals surface area contributed by atoms with Crippen molar-refractivity contribution in [2.45, 2.75) is 57.9 Å². The van der Waals surface area contributed by atoms with Gasteiger partial charge in [-0.15, -0.1) is 0 Å². The standard InChI is InChI=1S/C17H26N2O/c1-17(2,3)13-7-9-14(10-8-13)19-16(20)12-15-6-4-5-11-18-15/h7-10,15,18H,4-6,11-12H2,1-3H3,(H,19,20). The van der Waals surface area contributed by atoms with Crippen molar-refractivity contribution >= 4 is 11.6 Å². The lowest BCUT2D eigenvalue weighted by Gasteiger charge is -2.23. The van der Waals surface area contributed by atoms with Gasteiger partial charge in [-0.3, -0.25) is 4.79 Å². The predicted molar refractivity (Wildman–Crippen MR) is 84.0 cm³/mol. The molecule has 1 aromatic carbocycles. The topological polar surface area (TPSA) is 41.1 Å². The number of piperidine rings is 1. The highest BCUT2D eigenvalue weighted by Gasteiger charge is 2.17. The Labute approximate surface area is 122 Å². The van der Waals surface area contributed by atoms with E-state index >= 15 is 0 Å². The van der Waals surface area contributed by atoms with Crippen molar-refractivity contribution in [1.82, 2.24) is 5.32 Å². The zero-order chi connectivity index (χ0) is 14.6. The molecular weight excluding hydrogens is 248 g/mol. The number of benzene rings is 1. The van der Waals surface area contributed by atoms with Crippen molar-refractivity contribution in [3.63, 3.8) is 0 Å². The molecule has 0 saturated carbocycles. The van der Waals surface area contributed by atoms with Gasteiger partial charge in [0.25, 0.3) is 0 Å². The molecule has 1 aliphatic rings. The van der Waals surface area contributed by atoms with Crippen molar-refractivity contribution in [3.8, 4) is 0 Å². The molecule has 1 fully saturated rings. The van der Waals surface area contributed by atoms with Gasteiger partial charge in [-0.25, -0.2) is 0 Å². The van der Waals surface area contributed by atoms with Crippen molar-refractivity contribution in [3.05, 3.63) is 29.8 Å². The summed E-state index contributed by atoms with van der Waals surface area (Å²) in [6, 6.07) is 8.51. The van der Waals surface area contributed by atoms with Gasteiger partial charge in [0.2, 0.25) is 5.91 Å². The van der Waals surface area contributed by atoms with Crippen molar-refractivity contribution in [2.75, 3.05) is 11.9 Å². The quantitative estimate of drug-likeness (QED) is 0.886. The highest BCUT2D eigenvalue weighted by atomic mass is 16.1. The Bertz CT molecular complexity index is 439. The molecule has 3 nitrogen and oxygen atoms in total. The molecule has 0 bridgehead atoms. The van der Waals surface area contributed by atoms with Gasteiger partial charge < -0.3 is 10.6 Å². The number of amides is 1. The second-order valence-corrected chi connectivity index (χ2v) is 6.73. The van der Waals surface area contributed by atoms with Crippen LogP contribution in [0.15, 0.2) is 24.3 Å². The molecule has 3 heteroatoms. The smallest absolute Gasteiger partial charge is 0.225 e. The van der Waals surface area contributed by atoms with Crippen molar-refractivity contribution in [1.29, 1.82) is 0 Å². The first kappa shape index (κ1) is 15.0. The highest BCUT2D eigenvalue weighted by Crippen LogP contribution is 2.23. The van der Waals surface area contributed by atoms with Gasteiger partial charge in [-0.2, -0.15) is 0 Å². The van der Waals surface area contributed by atoms with E-state index in [-0.39, 0.29) is 11.3 Å². The predicted octanol–water partition coefficient (Wildman–Crippen LogP) is 3.45. The van der Waals surface area contributed by atoms with E-state index in [1.54, 1.807) is 0 Å². The number of nitrogens with one attached hydrogen (secondary N) is 2. The monoisotopic (exact) mass is 274 g/mol. The molecule has 0 aromatic heterocycles. The second kappa shape index (κ2) is 6.40.